The molecule has 0 heterocycles. The number of phenols is 1. The van der Waals surface area contributed by atoms with E-state index in [9.17, 15) is 24.6 Å². The Hall–Kier alpha value is -4.17. The van der Waals surface area contributed by atoms with E-state index in [-0.39, 0.29) is 17.9 Å². The van der Waals surface area contributed by atoms with Crippen molar-refractivity contribution < 1.29 is 29.3 Å². The van der Waals surface area contributed by atoms with E-state index >= 15 is 0 Å². The Morgan fingerprint density at radius 2 is 1.47 bits per heavy atom. The molecule has 0 aliphatic heterocycles. The van der Waals surface area contributed by atoms with E-state index in [4.69, 9.17) is 4.74 Å². The fraction of sp³-hybridized carbons (Fsp3) is 0.250. The van der Waals surface area contributed by atoms with Gasteiger partial charge in [-0.2, -0.15) is 0 Å². The summed E-state index contributed by atoms with van der Waals surface area (Å²) in [5.41, 5.74) is -0.322. The van der Waals surface area contributed by atoms with Crippen molar-refractivity contribution >= 4 is 29.0 Å². The van der Waals surface area contributed by atoms with Gasteiger partial charge in [0.25, 0.3) is 0 Å². The highest BCUT2D eigenvalue weighted by atomic mass is 16.5. The second kappa shape index (κ2) is 10.2. The molecule has 36 heavy (non-hydrogen) atoms. The average molecular weight is 489 g/mol. The highest BCUT2D eigenvalue weighted by molar-refractivity contribution is 6.10. The molecule has 1 fully saturated rings. The molecular weight excluding hydrogens is 460 g/mol. The summed E-state index contributed by atoms with van der Waals surface area (Å²) in [5, 5.41) is 27.1. The van der Waals surface area contributed by atoms with Gasteiger partial charge < -0.3 is 25.6 Å². The van der Waals surface area contributed by atoms with Gasteiger partial charge in [0.05, 0.1) is 18.6 Å². The molecule has 1 aliphatic rings. The van der Waals surface area contributed by atoms with Gasteiger partial charge in [0.1, 0.15) is 11.7 Å². The zero-order valence-corrected chi connectivity index (χ0v) is 20.0. The number of ketones is 1. The molecule has 1 aliphatic carbocycles. The number of amides is 2. The Morgan fingerprint density at radius 3 is 2.03 bits per heavy atom. The number of ether oxygens (including phenoxy) is 1. The lowest BCUT2D eigenvalue weighted by atomic mass is 9.61. The molecule has 1 saturated carbocycles. The molecule has 0 saturated heterocycles. The van der Waals surface area contributed by atoms with Gasteiger partial charge >= 0.3 is 0 Å². The van der Waals surface area contributed by atoms with E-state index in [1.165, 1.54) is 32.2 Å². The largest absolute Gasteiger partial charge is 0.504 e. The second-order valence-corrected chi connectivity index (χ2v) is 9.12. The zero-order valence-electron chi connectivity index (χ0n) is 20.0. The fourth-order valence-electron chi connectivity index (χ4n) is 4.88. The summed E-state index contributed by atoms with van der Waals surface area (Å²) < 4.78 is 5.24. The average Bonchev–Trinajstić information content (AvgIpc) is 2.84. The second-order valence-electron chi connectivity index (χ2n) is 9.12. The van der Waals surface area contributed by atoms with Crippen LogP contribution < -0.4 is 15.4 Å². The van der Waals surface area contributed by atoms with Gasteiger partial charge in [-0.15, -0.1) is 0 Å². The number of phenolic OH excluding ortho intramolecular Hbond substituents is 1. The minimum absolute atomic E-state index is 0.120. The van der Waals surface area contributed by atoms with E-state index in [2.05, 4.69) is 10.6 Å². The highest BCUT2D eigenvalue weighted by Gasteiger charge is 2.56. The van der Waals surface area contributed by atoms with Gasteiger partial charge in [-0.1, -0.05) is 42.5 Å². The molecule has 0 aromatic heterocycles. The molecule has 0 unspecified atom stereocenters. The lowest BCUT2D eigenvalue weighted by Crippen LogP contribution is -2.56. The Balaban J connectivity index is 1.81. The molecular formula is C28H28N2O6. The molecule has 186 valence electrons. The maximum atomic E-state index is 13.6. The summed E-state index contributed by atoms with van der Waals surface area (Å²) >= 11 is 0. The van der Waals surface area contributed by atoms with Crippen LogP contribution in [0.1, 0.15) is 24.8 Å². The molecule has 8 heteroatoms. The van der Waals surface area contributed by atoms with Crippen LogP contribution in [0.3, 0.4) is 0 Å². The van der Waals surface area contributed by atoms with Crippen LogP contribution in [-0.2, 0) is 14.4 Å². The van der Waals surface area contributed by atoms with Crippen LogP contribution in [0.2, 0.25) is 0 Å². The number of carbonyl (C=O) groups is 3. The van der Waals surface area contributed by atoms with Crippen LogP contribution in [0, 0.1) is 11.8 Å². The maximum absolute atomic E-state index is 13.6. The van der Waals surface area contributed by atoms with Crippen LogP contribution >= 0.6 is 0 Å². The van der Waals surface area contributed by atoms with Gasteiger partial charge in [-0.25, -0.2) is 0 Å². The van der Waals surface area contributed by atoms with Crippen LogP contribution in [0.4, 0.5) is 11.4 Å². The summed E-state index contributed by atoms with van der Waals surface area (Å²) in [4.78, 5) is 40.5. The van der Waals surface area contributed by atoms with E-state index in [0.29, 0.717) is 16.9 Å². The number of nitrogens with one attached hydrogen (secondary N) is 2. The van der Waals surface area contributed by atoms with Crippen molar-refractivity contribution in [2.24, 2.45) is 11.8 Å². The Kier molecular flexibility index (Phi) is 7.07. The highest BCUT2D eigenvalue weighted by Crippen LogP contribution is 2.47. The van der Waals surface area contributed by atoms with Crippen molar-refractivity contribution in [3.8, 4) is 11.5 Å². The summed E-state index contributed by atoms with van der Waals surface area (Å²) in [6.45, 7) is 1.43. The van der Waals surface area contributed by atoms with Gasteiger partial charge in [-0.3, -0.25) is 14.4 Å². The number of aromatic hydroxyl groups is 1. The first kappa shape index (κ1) is 24.9. The third-order valence-electron chi connectivity index (χ3n) is 6.50. The fourth-order valence-corrected chi connectivity index (χ4v) is 4.88. The van der Waals surface area contributed by atoms with E-state index in [0.717, 1.165) is 0 Å². The minimum Gasteiger partial charge on any atom is -0.504 e. The lowest BCUT2D eigenvalue weighted by molar-refractivity contribution is -0.150. The molecule has 2 amide bonds. The van der Waals surface area contributed by atoms with Gasteiger partial charge in [-0.05, 0) is 48.9 Å². The molecule has 8 nitrogen and oxygen atoms in total. The molecule has 4 rings (SSSR count). The molecule has 3 aromatic rings. The summed E-state index contributed by atoms with van der Waals surface area (Å²) in [6.07, 6.45) is -0.377. The molecule has 3 aromatic carbocycles. The normalized spacial score (nSPS) is 23.5. The molecule has 4 N–H and O–H groups in total. The molecule has 4 atom stereocenters. The van der Waals surface area contributed by atoms with E-state index in [1.54, 1.807) is 60.7 Å². The van der Waals surface area contributed by atoms with E-state index in [1.807, 2.05) is 0 Å². The quantitative estimate of drug-likeness (QED) is 0.392. The number of methoxy groups -OCH3 is 1. The number of hydrogen-bond acceptors (Lipinski definition) is 6. The smallest absolute Gasteiger partial charge is 0.235 e. The van der Waals surface area contributed by atoms with E-state index < -0.39 is 41.0 Å². The summed E-state index contributed by atoms with van der Waals surface area (Å²) in [7, 11) is 1.38. The number of benzene rings is 3. The maximum Gasteiger partial charge on any atom is 0.235 e. The predicted molar refractivity (Wildman–Crippen MR) is 135 cm³/mol. The summed E-state index contributed by atoms with van der Waals surface area (Å²) in [6, 6.07) is 21.8. The van der Waals surface area contributed by atoms with Crippen molar-refractivity contribution in [1.29, 1.82) is 0 Å². The Labute approximate surface area is 208 Å². The number of carbonyl (C=O) groups excluding carboxylic acids is 3. The first-order valence-electron chi connectivity index (χ1n) is 11.5. The standard InChI is InChI=1S/C28H28N2O6/c1-28(35)16-21(32)24(26(33)29-18-9-5-3-6-10-18)23(17-13-14-20(31)22(15-17)36-2)25(28)27(34)30-19-11-7-4-8-12-19/h3-15,23-25,31,35H,16H2,1-2H3,(H,29,33)(H,30,34)/t23-,24-,25+,28+/m0/s1. The molecule has 0 spiro atoms. The van der Waals surface area contributed by atoms with Gasteiger partial charge in [0.15, 0.2) is 11.5 Å². The van der Waals surface area contributed by atoms with Crippen LogP contribution in [0.25, 0.3) is 0 Å². The molecule has 0 radical (unpaired) electrons. The minimum atomic E-state index is -1.74. The zero-order chi connectivity index (χ0) is 25.9. The number of para-hydroxylation sites is 2. The first-order chi connectivity index (χ1) is 17.2. The lowest BCUT2D eigenvalue weighted by Gasteiger charge is -2.44. The number of rotatable bonds is 6. The SMILES string of the molecule is COc1cc([C@H]2[C@@H](C(=O)Nc3ccccc3)C(=O)C[C@@](C)(O)[C@H]2C(=O)Nc2ccccc2)ccc1O. The number of aliphatic hydroxyl groups is 1. The molecule has 0 bridgehead atoms. The predicted octanol–water partition coefficient (Wildman–Crippen LogP) is 3.72. The topological polar surface area (TPSA) is 125 Å². The van der Waals surface area contributed by atoms with Gasteiger partial charge in [0.2, 0.25) is 11.8 Å². The Morgan fingerprint density at radius 1 is 0.917 bits per heavy atom. The first-order valence-corrected chi connectivity index (χ1v) is 11.5. The van der Waals surface area contributed by atoms with Crippen LogP contribution in [0.15, 0.2) is 78.9 Å². The monoisotopic (exact) mass is 488 g/mol. The number of hydrogen-bond donors (Lipinski definition) is 4. The van der Waals surface area contributed by atoms with Crippen molar-refractivity contribution in [2.75, 3.05) is 17.7 Å². The van der Waals surface area contributed by atoms with Crippen molar-refractivity contribution in [3.63, 3.8) is 0 Å². The van der Waals surface area contributed by atoms with Crippen molar-refractivity contribution in [1.82, 2.24) is 0 Å². The number of anilines is 2. The van der Waals surface area contributed by atoms with Gasteiger partial charge in [0, 0.05) is 23.7 Å². The Bertz CT molecular complexity index is 1260. The van der Waals surface area contributed by atoms with Crippen molar-refractivity contribution in [2.45, 2.75) is 24.9 Å². The van der Waals surface area contributed by atoms with Crippen LogP contribution in [0.5, 0.6) is 11.5 Å². The third kappa shape index (κ3) is 5.08. The number of Topliss-reactive ketones (excluding diaryl/α,β-unsaturated/α-hetero) is 1. The van der Waals surface area contributed by atoms with Crippen LogP contribution in [-0.4, -0.2) is 40.5 Å². The third-order valence-corrected chi connectivity index (χ3v) is 6.50. The summed E-state index contributed by atoms with van der Waals surface area (Å²) in [5.74, 6) is -5.11. The van der Waals surface area contributed by atoms with Crippen molar-refractivity contribution in [3.05, 3.63) is 84.4 Å².